The number of halogens is 1. The Kier molecular flexibility index (Phi) is 4.18. The van der Waals surface area contributed by atoms with Crippen LogP contribution in [0.4, 0.5) is 0 Å². The van der Waals surface area contributed by atoms with Crippen molar-refractivity contribution in [3.63, 3.8) is 0 Å². The van der Waals surface area contributed by atoms with Gasteiger partial charge in [0.1, 0.15) is 11.3 Å². The van der Waals surface area contributed by atoms with Crippen LogP contribution in [0.1, 0.15) is 44.8 Å². The van der Waals surface area contributed by atoms with E-state index in [1.807, 2.05) is 6.07 Å². The molecule has 1 aliphatic carbocycles. The average Bonchev–Trinajstić information content (AvgIpc) is 2.80. The first-order valence-electron chi connectivity index (χ1n) is 7.65. The lowest BCUT2D eigenvalue weighted by atomic mass is 9.66. The van der Waals surface area contributed by atoms with Gasteiger partial charge in [-0.25, -0.2) is 0 Å². The average molecular weight is 336 g/mol. The first-order chi connectivity index (χ1) is 9.72. The summed E-state index contributed by atoms with van der Waals surface area (Å²) < 4.78 is 7.17. The van der Waals surface area contributed by atoms with Crippen molar-refractivity contribution in [2.75, 3.05) is 6.54 Å². The Morgan fingerprint density at radius 2 is 2.15 bits per heavy atom. The van der Waals surface area contributed by atoms with Crippen LogP contribution in [0.25, 0.3) is 11.0 Å². The number of hydrogen-bond acceptors (Lipinski definition) is 2. The molecule has 1 aliphatic rings. The van der Waals surface area contributed by atoms with Gasteiger partial charge in [-0.15, -0.1) is 0 Å². The monoisotopic (exact) mass is 335 g/mol. The van der Waals surface area contributed by atoms with E-state index < -0.39 is 0 Å². The molecule has 1 saturated carbocycles. The summed E-state index contributed by atoms with van der Waals surface area (Å²) >= 11 is 3.52. The minimum atomic E-state index is 0.584. The van der Waals surface area contributed by atoms with Crippen molar-refractivity contribution in [1.29, 1.82) is 0 Å². The van der Waals surface area contributed by atoms with Crippen LogP contribution in [0.5, 0.6) is 0 Å². The second kappa shape index (κ2) is 5.90. The van der Waals surface area contributed by atoms with Crippen LogP contribution < -0.4 is 5.32 Å². The van der Waals surface area contributed by atoms with E-state index in [1.54, 1.807) is 0 Å². The lowest BCUT2D eigenvalue weighted by Crippen LogP contribution is -2.49. The summed E-state index contributed by atoms with van der Waals surface area (Å²) in [7, 11) is 0. The summed E-state index contributed by atoms with van der Waals surface area (Å²) in [6, 6.07) is 9.12. The Morgan fingerprint density at radius 3 is 2.90 bits per heavy atom. The Hall–Kier alpha value is -0.800. The van der Waals surface area contributed by atoms with Gasteiger partial charge >= 0.3 is 0 Å². The number of rotatable bonds is 5. The zero-order valence-electron chi connectivity index (χ0n) is 12.2. The summed E-state index contributed by atoms with van der Waals surface area (Å²) in [6.45, 7) is 5.64. The minimum Gasteiger partial charge on any atom is -0.461 e. The molecule has 1 aromatic heterocycles. The van der Waals surface area contributed by atoms with Gasteiger partial charge in [0.05, 0.1) is 0 Å². The van der Waals surface area contributed by atoms with Gasteiger partial charge in [0.25, 0.3) is 0 Å². The van der Waals surface area contributed by atoms with Crippen LogP contribution in [-0.2, 0) is 0 Å². The van der Waals surface area contributed by atoms with Crippen LogP contribution >= 0.6 is 15.9 Å². The second-order valence-electron chi connectivity index (χ2n) is 5.81. The molecule has 0 spiro atoms. The predicted octanol–water partition coefficient (Wildman–Crippen LogP) is 5.08. The number of nitrogens with one attached hydrogen (secondary N) is 1. The molecule has 20 heavy (non-hydrogen) atoms. The molecule has 108 valence electrons. The third-order valence-electron chi connectivity index (χ3n) is 4.53. The molecular weight excluding hydrogens is 314 g/mol. The maximum Gasteiger partial charge on any atom is 0.134 e. The van der Waals surface area contributed by atoms with Gasteiger partial charge in [0.2, 0.25) is 0 Å². The predicted molar refractivity (Wildman–Crippen MR) is 87.1 cm³/mol. The molecule has 1 fully saturated rings. The quantitative estimate of drug-likeness (QED) is 0.824. The van der Waals surface area contributed by atoms with Gasteiger partial charge in [-0.05, 0) is 49.6 Å². The summed E-state index contributed by atoms with van der Waals surface area (Å²) in [6.07, 6.45) is 3.63. The fraction of sp³-hybridized carbons (Fsp3) is 0.529. The van der Waals surface area contributed by atoms with Crippen LogP contribution in [0.3, 0.4) is 0 Å². The molecule has 0 amide bonds. The van der Waals surface area contributed by atoms with Crippen molar-refractivity contribution in [1.82, 2.24) is 5.32 Å². The largest absolute Gasteiger partial charge is 0.461 e. The van der Waals surface area contributed by atoms with Gasteiger partial charge in [-0.2, -0.15) is 0 Å². The normalized spacial score (nSPS) is 25.9. The Balaban J connectivity index is 1.78. The van der Waals surface area contributed by atoms with E-state index in [1.165, 1.54) is 30.4 Å². The first-order valence-corrected chi connectivity index (χ1v) is 8.44. The van der Waals surface area contributed by atoms with Crippen LogP contribution in [0.15, 0.2) is 33.2 Å². The Labute approximate surface area is 129 Å². The highest BCUT2D eigenvalue weighted by Gasteiger charge is 2.41. The van der Waals surface area contributed by atoms with Crippen LogP contribution in [0, 0.1) is 5.92 Å². The molecule has 0 saturated heterocycles. The van der Waals surface area contributed by atoms with Gasteiger partial charge in [0.15, 0.2) is 0 Å². The molecule has 1 aromatic carbocycles. The van der Waals surface area contributed by atoms with E-state index >= 15 is 0 Å². The SMILES string of the molecule is CCCNC1CC(c2cc3cc(Br)ccc3o2)C1CC. The van der Waals surface area contributed by atoms with Gasteiger partial charge < -0.3 is 9.73 Å². The molecule has 2 nitrogen and oxygen atoms in total. The minimum absolute atomic E-state index is 0.584. The van der Waals surface area contributed by atoms with Crippen molar-refractivity contribution >= 4 is 26.9 Å². The highest BCUT2D eigenvalue weighted by Crippen LogP contribution is 2.46. The molecule has 1 N–H and O–H groups in total. The van der Waals surface area contributed by atoms with Crippen molar-refractivity contribution in [3.8, 4) is 0 Å². The van der Waals surface area contributed by atoms with Gasteiger partial charge in [-0.1, -0.05) is 36.2 Å². The Bertz CT molecular complexity index is 592. The number of furan rings is 1. The molecule has 0 bridgehead atoms. The fourth-order valence-electron chi connectivity index (χ4n) is 3.39. The summed E-state index contributed by atoms with van der Waals surface area (Å²) in [5.74, 6) is 2.46. The van der Waals surface area contributed by atoms with E-state index in [9.17, 15) is 0 Å². The number of hydrogen-bond donors (Lipinski definition) is 1. The zero-order valence-corrected chi connectivity index (χ0v) is 13.7. The first kappa shape index (κ1) is 14.2. The molecular formula is C17H22BrNO. The van der Waals surface area contributed by atoms with Gasteiger partial charge in [0, 0.05) is 21.8 Å². The summed E-state index contributed by atoms with van der Waals surface area (Å²) in [4.78, 5) is 0. The van der Waals surface area contributed by atoms with E-state index in [0.717, 1.165) is 16.6 Å². The van der Waals surface area contributed by atoms with Crippen LogP contribution in [0.2, 0.25) is 0 Å². The molecule has 0 aliphatic heterocycles. The lowest BCUT2D eigenvalue weighted by molar-refractivity contribution is 0.143. The molecule has 3 rings (SSSR count). The van der Waals surface area contributed by atoms with Crippen molar-refractivity contribution in [2.24, 2.45) is 5.92 Å². The zero-order chi connectivity index (χ0) is 14.1. The molecule has 3 heteroatoms. The van der Waals surface area contributed by atoms with Crippen LogP contribution in [-0.4, -0.2) is 12.6 Å². The van der Waals surface area contributed by atoms with Crippen molar-refractivity contribution < 1.29 is 4.42 Å². The standard InChI is InChI=1S/C17H22BrNO/c1-3-7-19-15-10-14(13(15)4-2)17-9-11-8-12(18)5-6-16(11)20-17/h5-6,8-9,13-15,19H,3-4,7,10H2,1-2H3. The Morgan fingerprint density at radius 1 is 1.30 bits per heavy atom. The highest BCUT2D eigenvalue weighted by atomic mass is 79.9. The number of fused-ring (bicyclic) bond motifs is 1. The topological polar surface area (TPSA) is 25.2 Å². The van der Waals surface area contributed by atoms with E-state index in [0.29, 0.717) is 17.9 Å². The van der Waals surface area contributed by atoms with Crippen molar-refractivity contribution in [3.05, 3.63) is 34.5 Å². The lowest BCUT2D eigenvalue weighted by Gasteiger charge is -2.44. The molecule has 0 radical (unpaired) electrons. The summed E-state index contributed by atoms with van der Waals surface area (Å²) in [5, 5.41) is 4.87. The highest BCUT2D eigenvalue weighted by molar-refractivity contribution is 9.10. The molecule has 3 unspecified atom stereocenters. The second-order valence-corrected chi connectivity index (χ2v) is 6.72. The van der Waals surface area contributed by atoms with E-state index in [-0.39, 0.29) is 0 Å². The number of benzene rings is 1. The summed E-state index contributed by atoms with van der Waals surface area (Å²) in [5.41, 5.74) is 1.00. The fourth-order valence-corrected chi connectivity index (χ4v) is 3.76. The smallest absolute Gasteiger partial charge is 0.134 e. The van der Waals surface area contributed by atoms with E-state index in [2.05, 4.69) is 53.3 Å². The molecule has 3 atom stereocenters. The third kappa shape index (κ3) is 2.53. The van der Waals surface area contributed by atoms with E-state index in [4.69, 9.17) is 4.42 Å². The van der Waals surface area contributed by atoms with Gasteiger partial charge in [-0.3, -0.25) is 0 Å². The molecule has 2 aromatic rings. The maximum atomic E-state index is 6.06. The maximum absolute atomic E-state index is 6.06. The molecule has 1 heterocycles. The third-order valence-corrected chi connectivity index (χ3v) is 5.03. The van der Waals surface area contributed by atoms with Crippen molar-refractivity contribution in [2.45, 2.75) is 45.1 Å².